The Morgan fingerprint density at radius 1 is 0.488 bits per heavy atom. The molecule has 7 nitrogen and oxygen atoms in total. The topological polar surface area (TPSA) is 96.0 Å². The molecule has 41 heavy (non-hydrogen) atoms. The third-order valence-electron chi connectivity index (χ3n) is 5.52. The van der Waals surface area contributed by atoms with E-state index in [2.05, 4.69) is 0 Å². The number of hydrogen-bond donors (Lipinski definition) is 0. The normalized spacial score (nSPS) is 11.0. The Bertz CT molecular complexity index is 1460. The lowest BCUT2D eigenvalue weighted by molar-refractivity contribution is 0.297. The molecule has 0 atom stereocenters. The molecular weight excluding hydrogens is 560 g/mol. The van der Waals surface area contributed by atoms with Crippen LogP contribution >= 0.6 is 0 Å². The van der Waals surface area contributed by atoms with Gasteiger partial charge in [-0.1, -0.05) is 99.5 Å². The van der Waals surface area contributed by atoms with Crippen LogP contribution in [0.1, 0.15) is 49.9 Å². The molecule has 0 aliphatic carbocycles. The summed E-state index contributed by atoms with van der Waals surface area (Å²) >= 11 is 0. The summed E-state index contributed by atoms with van der Waals surface area (Å²) in [5, 5.41) is 0. The van der Waals surface area contributed by atoms with E-state index in [0.29, 0.717) is 22.6 Å². The highest BCUT2D eigenvalue weighted by atomic mass is 32.2. The minimum Gasteiger partial charge on any atom is -0.457 e. The molecule has 0 aliphatic heterocycles. The summed E-state index contributed by atoms with van der Waals surface area (Å²) in [7, 11) is -7.94. The SMILES string of the molecule is CC.CC.Cc1ccc(S(=O)(=O)OCc2ccccc2Oc2ccccc2COS(=O)(=O)c2ccc(C)cc2)cc1. The van der Waals surface area contributed by atoms with Crippen molar-refractivity contribution in [1.29, 1.82) is 0 Å². The van der Waals surface area contributed by atoms with Gasteiger partial charge in [0.05, 0.1) is 23.0 Å². The van der Waals surface area contributed by atoms with Crippen molar-refractivity contribution in [3.8, 4) is 11.5 Å². The smallest absolute Gasteiger partial charge is 0.297 e. The van der Waals surface area contributed by atoms with Gasteiger partial charge >= 0.3 is 0 Å². The first kappa shape index (κ1) is 33.7. The van der Waals surface area contributed by atoms with E-state index in [-0.39, 0.29) is 23.0 Å². The third-order valence-corrected chi connectivity index (χ3v) is 8.08. The molecule has 0 radical (unpaired) electrons. The standard InChI is InChI=1S/C28H26O7S2.2C2H6/c1-21-11-15-25(16-12-21)36(29,30)33-19-23-7-3-5-9-27(23)35-28-10-6-4-8-24(28)20-34-37(31,32)26-17-13-22(2)14-18-26;2*1-2/h3-18H,19-20H2,1-2H3;2*1-2H3. The van der Waals surface area contributed by atoms with Crippen LogP contribution in [-0.2, 0) is 41.8 Å². The summed E-state index contributed by atoms with van der Waals surface area (Å²) in [4.78, 5) is 0.127. The van der Waals surface area contributed by atoms with Crippen molar-refractivity contribution in [2.75, 3.05) is 0 Å². The van der Waals surface area contributed by atoms with Gasteiger partial charge in [-0.05, 0) is 50.2 Å². The maximum atomic E-state index is 12.6. The van der Waals surface area contributed by atoms with E-state index in [9.17, 15) is 16.8 Å². The monoisotopic (exact) mass is 598 g/mol. The van der Waals surface area contributed by atoms with E-state index in [1.165, 1.54) is 24.3 Å². The summed E-state index contributed by atoms with van der Waals surface area (Å²) in [6.07, 6.45) is 0. The average molecular weight is 599 g/mol. The molecule has 0 spiro atoms. The highest BCUT2D eigenvalue weighted by molar-refractivity contribution is 7.87. The molecule has 0 bridgehead atoms. The third kappa shape index (κ3) is 9.82. The van der Waals surface area contributed by atoms with E-state index < -0.39 is 20.2 Å². The number of ether oxygens (including phenoxy) is 1. The number of benzene rings is 4. The van der Waals surface area contributed by atoms with Crippen LogP contribution < -0.4 is 4.74 Å². The zero-order chi connectivity index (χ0) is 30.5. The van der Waals surface area contributed by atoms with Gasteiger partial charge in [0.25, 0.3) is 20.2 Å². The lowest BCUT2D eigenvalue weighted by atomic mass is 10.2. The minimum absolute atomic E-state index is 0.0637. The molecule has 0 unspecified atom stereocenters. The van der Waals surface area contributed by atoms with Gasteiger partial charge in [-0.3, -0.25) is 8.37 Å². The molecule has 9 heteroatoms. The second-order valence-corrected chi connectivity index (χ2v) is 11.6. The maximum absolute atomic E-state index is 12.6. The summed E-state index contributed by atoms with van der Waals surface area (Å²) in [5.41, 5.74) is 2.88. The van der Waals surface area contributed by atoms with Gasteiger partial charge < -0.3 is 4.74 Å². The molecule has 0 amide bonds. The van der Waals surface area contributed by atoms with Crippen molar-refractivity contribution in [2.24, 2.45) is 0 Å². The summed E-state index contributed by atoms with van der Waals surface area (Å²) < 4.78 is 67.1. The Hall–Kier alpha value is -3.50. The number of rotatable bonds is 10. The van der Waals surface area contributed by atoms with Crippen LogP contribution in [0.4, 0.5) is 0 Å². The van der Waals surface area contributed by atoms with Crippen LogP contribution in [0, 0.1) is 13.8 Å². The largest absolute Gasteiger partial charge is 0.457 e. The molecule has 0 heterocycles. The molecule has 0 N–H and O–H groups in total. The molecule has 0 aromatic heterocycles. The molecule has 0 fully saturated rings. The molecule has 0 saturated heterocycles. The van der Waals surface area contributed by atoms with Gasteiger partial charge in [-0.25, -0.2) is 0 Å². The summed E-state index contributed by atoms with van der Waals surface area (Å²) in [6.45, 7) is 11.2. The van der Waals surface area contributed by atoms with Gasteiger partial charge in [0.15, 0.2) is 0 Å². The number of aryl methyl sites for hydroxylation is 2. The van der Waals surface area contributed by atoms with E-state index in [4.69, 9.17) is 13.1 Å². The van der Waals surface area contributed by atoms with Gasteiger partial charge in [-0.2, -0.15) is 16.8 Å². The predicted molar refractivity (Wildman–Crippen MR) is 162 cm³/mol. The Morgan fingerprint density at radius 2 is 0.805 bits per heavy atom. The first-order chi connectivity index (χ1) is 19.6. The zero-order valence-electron chi connectivity index (χ0n) is 24.3. The fraction of sp³-hybridized carbons (Fsp3) is 0.250. The number of hydrogen-bond acceptors (Lipinski definition) is 7. The fourth-order valence-corrected chi connectivity index (χ4v) is 5.17. The van der Waals surface area contributed by atoms with Crippen LogP contribution in [0.15, 0.2) is 107 Å². The van der Waals surface area contributed by atoms with Crippen LogP contribution in [0.25, 0.3) is 0 Å². The van der Waals surface area contributed by atoms with Crippen LogP contribution in [0.5, 0.6) is 11.5 Å². The van der Waals surface area contributed by atoms with Gasteiger partial charge in [-0.15, -0.1) is 0 Å². The van der Waals surface area contributed by atoms with Crippen LogP contribution in [0.2, 0.25) is 0 Å². The Kier molecular flexibility index (Phi) is 13.2. The lowest BCUT2D eigenvalue weighted by Gasteiger charge is -2.15. The van der Waals surface area contributed by atoms with Crippen molar-refractivity contribution in [1.82, 2.24) is 0 Å². The van der Waals surface area contributed by atoms with Crippen molar-refractivity contribution in [3.05, 3.63) is 119 Å². The number of para-hydroxylation sites is 2. The van der Waals surface area contributed by atoms with Crippen molar-refractivity contribution < 1.29 is 29.9 Å². The zero-order valence-corrected chi connectivity index (χ0v) is 26.0. The lowest BCUT2D eigenvalue weighted by Crippen LogP contribution is -2.08. The Morgan fingerprint density at radius 3 is 1.15 bits per heavy atom. The average Bonchev–Trinajstić information content (AvgIpc) is 2.99. The molecule has 4 aromatic carbocycles. The summed E-state index contributed by atoms with van der Waals surface area (Å²) in [6, 6.07) is 26.5. The highest BCUT2D eigenvalue weighted by Crippen LogP contribution is 2.30. The second kappa shape index (κ2) is 16.1. The highest BCUT2D eigenvalue weighted by Gasteiger charge is 2.19. The predicted octanol–water partition coefficient (Wildman–Crippen LogP) is 7.96. The van der Waals surface area contributed by atoms with E-state index >= 15 is 0 Å². The molecule has 0 saturated carbocycles. The molecule has 4 aromatic rings. The van der Waals surface area contributed by atoms with Gasteiger partial charge in [0.1, 0.15) is 11.5 Å². The maximum Gasteiger partial charge on any atom is 0.297 e. The second-order valence-electron chi connectivity index (χ2n) is 8.38. The minimum atomic E-state index is -3.97. The van der Waals surface area contributed by atoms with Crippen LogP contribution in [0.3, 0.4) is 0 Å². The summed E-state index contributed by atoms with van der Waals surface area (Å²) in [5.74, 6) is 0.742. The molecule has 4 rings (SSSR count). The molecule has 0 aliphatic rings. The Balaban J connectivity index is 0.00000141. The Labute approximate surface area is 245 Å². The van der Waals surface area contributed by atoms with E-state index in [1.807, 2.05) is 41.5 Å². The van der Waals surface area contributed by atoms with Crippen molar-refractivity contribution >= 4 is 20.2 Å². The van der Waals surface area contributed by atoms with E-state index in [0.717, 1.165) is 11.1 Å². The van der Waals surface area contributed by atoms with Crippen LogP contribution in [-0.4, -0.2) is 16.8 Å². The van der Waals surface area contributed by atoms with Crippen molar-refractivity contribution in [2.45, 2.75) is 64.5 Å². The fourth-order valence-electron chi connectivity index (χ4n) is 3.39. The van der Waals surface area contributed by atoms with Crippen molar-refractivity contribution in [3.63, 3.8) is 0 Å². The van der Waals surface area contributed by atoms with Gasteiger partial charge in [0, 0.05) is 11.1 Å². The molecular formula is C32H38O7S2. The van der Waals surface area contributed by atoms with E-state index in [1.54, 1.807) is 72.8 Å². The van der Waals surface area contributed by atoms with Gasteiger partial charge in [0.2, 0.25) is 0 Å². The quantitative estimate of drug-likeness (QED) is 0.171. The first-order valence-electron chi connectivity index (χ1n) is 13.4. The first-order valence-corrected chi connectivity index (χ1v) is 16.2. The molecule has 220 valence electrons.